The van der Waals surface area contributed by atoms with Crippen LogP contribution in [0.25, 0.3) is 11.1 Å². The molecule has 1 aliphatic heterocycles. The zero-order valence-corrected chi connectivity index (χ0v) is 17.0. The number of nitrogens with one attached hydrogen (secondary N) is 2. The summed E-state index contributed by atoms with van der Waals surface area (Å²) < 4.78 is 1.64. The van der Waals surface area contributed by atoms with Crippen LogP contribution in [0, 0.1) is 6.92 Å². The van der Waals surface area contributed by atoms with Gasteiger partial charge < -0.3 is 10.6 Å². The Balaban J connectivity index is 1.62. The highest BCUT2D eigenvalue weighted by Crippen LogP contribution is 2.39. The Morgan fingerprint density at radius 1 is 1.21 bits per heavy atom. The molecule has 0 fully saturated rings. The lowest BCUT2D eigenvalue weighted by molar-refractivity contribution is -0.123. The first-order chi connectivity index (χ1) is 14.0. The number of amides is 2. The highest BCUT2D eigenvalue weighted by molar-refractivity contribution is 6.30. The number of aromatic nitrogens is 2. The van der Waals surface area contributed by atoms with Crippen LogP contribution in [0.3, 0.4) is 0 Å². The summed E-state index contributed by atoms with van der Waals surface area (Å²) in [7, 11) is 0. The van der Waals surface area contributed by atoms with Crippen LogP contribution in [0.5, 0.6) is 0 Å². The van der Waals surface area contributed by atoms with Gasteiger partial charge in [-0.2, -0.15) is 5.10 Å². The molecule has 0 spiro atoms. The third kappa shape index (κ3) is 3.63. The number of benzene rings is 2. The summed E-state index contributed by atoms with van der Waals surface area (Å²) in [5.74, 6) is 0.169. The average Bonchev–Trinajstić information content (AvgIpc) is 3.20. The maximum atomic E-state index is 12.6. The van der Waals surface area contributed by atoms with Gasteiger partial charge >= 0.3 is 0 Å². The van der Waals surface area contributed by atoms with E-state index in [4.69, 9.17) is 11.6 Å². The number of anilines is 2. The Labute approximate surface area is 173 Å². The maximum absolute atomic E-state index is 12.6. The molecule has 0 radical (unpaired) electrons. The SMILES string of the molecule is CCc1nn2c(c1-c1ccc(Cl)cc1)NC(=O)C2CC(=O)Nc1ccccc1C. The average molecular weight is 409 g/mol. The van der Waals surface area contributed by atoms with Gasteiger partial charge in [-0.3, -0.25) is 9.59 Å². The van der Waals surface area contributed by atoms with Crippen LogP contribution in [0.1, 0.15) is 30.6 Å². The van der Waals surface area contributed by atoms with Gasteiger partial charge in [0.1, 0.15) is 11.9 Å². The van der Waals surface area contributed by atoms with Crippen molar-refractivity contribution in [2.75, 3.05) is 10.6 Å². The molecule has 1 aromatic heterocycles. The molecule has 0 bridgehead atoms. The summed E-state index contributed by atoms with van der Waals surface area (Å²) in [4.78, 5) is 25.2. The topological polar surface area (TPSA) is 76.0 Å². The Bertz CT molecular complexity index is 1090. The Morgan fingerprint density at radius 3 is 2.62 bits per heavy atom. The summed E-state index contributed by atoms with van der Waals surface area (Å²) in [6.07, 6.45) is 0.716. The second-order valence-corrected chi connectivity index (χ2v) is 7.48. The molecule has 4 rings (SSSR count). The van der Waals surface area contributed by atoms with Crippen molar-refractivity contribution in [3.8, 4) is 11.1 Å². The van der Waals surface area contributed by atoms with E-state index in [0.717, 1.165) is 28.1 Å². The number of hydrogen-bond donors (Lipinski definition) is 2. The van der Waals surface area contributed by atoms with Gasteiger partial charge in [0.05, 0.1) is 12.1 Å². The van der Waals surface area contributed by atoms with E-state index < -0.39 is 6.04 Å². The van der Waals surface area contributed by atoms with Crippen molar-refractivity contribution in [2.45, 2.75) is 32.7 Å². The van der Waals surface area contributed by atoms with Crippen molar-refractivity contribution in [3.05, 3.63) is 64.8 Å². The molecule has 2 N–H and O–H groups in total. The summed E-state index contributed by atoms with van der Waals surface area (Å²) >= 11 is 6.01. The van der Waals surface area contributed by atoms with Gasteiger partial charge in [-0.05, 0) is 42.7 Å². The molecule has 3 aromatic rings. The van der Waals surface area contributed by atoms with Crippen molar-refractivity contribution in [2.24, 2.45) is 0 Å². The summed E-state index contributed by atoms with van der Waals surface area (Å²) in [5.41, 5.74) is 4.38. The molecule has 2 aromatic carbocycles. The number of halogens is 1. The van der Waals surface area contributed by atoms with E-state index in [0.29, 0.717) is 17.3 Å². The molecular weight excluding hydrogens is 388 g/mol. The van der Waals surface area contributed by atoms with Gasteiger partial charge in [-0.15, -0.1) is 0 Å². The molecule has 1 aliphatic rings. The molecule has 148 valence electrons. The van der Waals surface area contributed by atoms with E-state index in [1.807, 2.05) is 62.4 Å². The van der Waals surface area contributed by atoms with Gasteiger partial charge in [-0.1, -0.05) is 48.9 Å². The van der Waals surface area contributed by atoms with Gasteiger partial charge in [0.15, 0.2) is 0 Å². The normalized spacial score (nSPS) is 15.1. The second kappa shape index (κ2) is 7.72. The van der Waals surface area contributed by atoms with Crippen molar-refractivity contribution in [1.29, 1.82) is 0 Å². The molecule has 2 amide bonds. The number of carbonyl (C=O) groups excluding carboxylic acids is 2. The number of para-hydroxylation sites is 1. The minimum atomic E-state index is -0.680. The first-order valence-electron chi connectivity index (χ1n) is 9.51. The van der Waals surface area contributed by atoms with E-state index >= 15 is 0 Å². The van der Waals surface area contributed by atoms with Crippen LogP contribution in [-0.4, -0.2) is 21.6 Å². The molecule has 0 aliphatic carbocycles. The molecular formula is C22H21ClN4O2. The first-order valence-corrected chi connectivity index (χ1v) is 9.89. The highest BCUT2D eigenvalue weighted by atomic mass is 35.5. The standard InChI is InChI=1S/C22H21ClN4O2/c1-3-16-20(14-8-10-15(23)11-9-14)21-25-22(29)18(27(21)26-16)12-19(28)24-17-7-5-4-6-13(17)2/h4-11,18H,3,12H2,1-2H3,(H,24,28)(H,25,29). The largest absolute Gasteiger partial charge is 0.326 e. The monoisotopic (exact) mass is 408 g/mol. The third-order valence-corrected chi connectivity index (χ3v) is 5.34. The Hall–Kier alpha value is -3.12. The predicted molar refractivity (Wildman–Crippen MR) is 114 cm³/mol. The number of carbonyl (C=O) groups is 2. The predicted octanol–water partition coefficient (Wildman–Crippen LogP) is 4.60. The van der Waals surface area contributed by atoms with Crippen molar-refractivity contribution in [3.63, 3.8) is 0 Å². The smallest absolute Gasteiger partial charge is 0.251 e. The van der Waals surface area contributed by atoms with Crippen LogP contribution >= 0.6 is 11.6 Å². The van der Waals surface area contributed by atoms with Gasteiger partial charge in [0, 0.05) is 16.3 Å². The molecule has 7 heteroatoms. The first kappa shape index (κ1) is 19.2. The molecule has 0 saturated carbocycles. The van der Waals surface area contributed by atoms with Crippen LogP contribution in [-0.2, 0) is 16.0 Å². The third-order valence-electron chi connectivity index (χ3n) is 5.09. The highest BCUT2D eigenvalue weighted by Gasteiger charge is 2.36. The van der Waals surface area contributed by atoms with Crippen LogP contribution in [0.2, 0.25) is 5.02 Å². The fourth-order valence-corrected chi connectivity index (χ4v) is 3.70. The molecule has 0 saturated heterocycles. The van der Waals surface area contributed by atoms with Crippen LogP contribution < -0.4 is 10.6 Å². The van der Waals surface area contributed by atoms with Gasteiger partial charge in [0.2, 0.25) is 5.91 Å². The van der Waals surface area contributed by atoms with Crippen LogP contribution in [0.4, 0.5) is 11.5 Å². The van der Waals surface area contributed by atoms with Crippen LogP contribution in [0.15, 0.2) is 48.5 Å². The lowest BCUT2D eigenvalue weighted by atomic mass is 10.0. The van der Waals surface area contributed by atoms with E-state index in [1.165, 1.54) is 0 Å². The lowest BCUT2D eigenvalue weighted by Gasteiger charge is -2.11. The molecule has 1 atom stereocenters. The number of hydrogen-bond acceptors (Lipinski definition) is 3. The quantitative estimate of drug-likeness (QED) is 0.648. The summed E-state index contributed by atoms with van der Waals surface area (Å²) in [5, 5.41) is 11.1. The molecule has 29 heavy (non-hydrogen) atoms. The van der Waals surface area contributed by atoms with E-state index in [9.17, 15) is 9.59 Å². The van der Waals surface area contributed by atoms with E-state index in [1.54, 1.807) is 4.68 Å². The van der Waals surface area contributed by atoms with E-state index in [-0.39, 0.29) is 18.2 Å². The summed E-state index contributed by atoms with van der Waals surface area (Å²) in [6, 6.07) is 14.3. The van der Waals surface area contributed by atoms with E-state index in [2.05, 4.69) is 15.7 Å². The second-order valence-electron chi connectivity index (χ2n) is 7.05. The Kier molecular flexibility index (Phi) is 5.11. The number of aryl methyl sites for hydroxylation is 2. The fourth-order valence-electron chi connectivity index (χ4n) is 3.57. The minimum absolute atomic E-state index is 0.0120. The fraction of sp³-hybridized carbons (Fsp3) is 0.227. The van der Waals surface area contributed by atoms with Crippen molar-refractivity contribution >= 4 is 34.9 Å². The zero-order valence-electron chi connectivity index (χ0n) is 16.2. The Morgan fingerprint density at radius 2 is 1.93 bits per heavy atom. The minimum Gasteiger partial charge on any atom is -0.326 e. The van der Waals surface area contributed by atoms with Gasteiger partial charge in [-0.25, -0.2) is 4.68 Å². The summed E-state index contributed by atoms with van der Waals surface area (Å²) in [6.45, 7) is 3.94. The number of nitrogens with zero attached hydrogens (tertiary/aromatic N) is 2. The lowest BCUT2D eigenvalue weighted by Crippen LogP contribution is -2.24. The van der Waals surface area contributed by atoms with Crippen molar-refractivity contribution in [1.82, 2.24) is 9.78 Å². The molecule has 6 nitrogen and oxygen atoms in total. The van der Waals surface area contributed by atoms with Gasteiger partial charge in [0.25, 0.3) is 5.91 Å². The van der Waals surface area contributed by atoms with Crippen molar-refractivity contribution < 1.29 is 9.59 Å². The zero-order chi connectivity index (χ0) is 20.5. The number of fused-ring (bicyclic) bond motifs is 1. The molecule has 2 heterocycles. The number of rotatable bonds is 5. The molecule has 1 unspecified atom stereocenters. The maximum Gasteiger partial charge on any atom is 0.251 e.